The van der Waals surface area contributed by atoms with Crippen LogP contribution in [0.1, 0.15) is 91.9 Å². The summed E-state index contributed by atoms with van der Waals surface area (Å²) in [6.07, 6.45) is 5.70. The highest BCUT2D eigenvalue weighted by atomic mass is 19.2. The molecule has 0 saturated heterocycles. The second-order valence-electron chi connectivity index (χ2n) is 10.2. The number of aromatic nitrogens is 2. The minimum absolute atomic E-state index is 0.0600. The van der Waals surface area contributed by atoms with Crippen molar-refractivity contribution in [2.75, 3.05) is 11.4 Å². The zero-order valence-electron chi connectivity index (χ0n) is 21.4. The predicted octanol–water partition coefficient (Wildman–Crippen LogP) is 4.54. The number of anilines is 1. The average molecular weight is 517 g/mol. The number of ether oxygens (including phenoxy) is 1. The van der Waals surface area contributed by atoms with Crippen molar-refractivity contribution < 1.29 is 27.9 Å². The van der Waals surface area contributed by atoms with E-state index in [0.717, 1.165) is 31.4 Å². The van der Waals surface area contributed by atoms with Gasteiger partial charge in [-0.1, -0.05) is 20.3 Å². The quantitative estimate of drug-likeness (QED) is 0.519. The molecule has 0 spiro atoms. The standard InChI is InChI=1S/C27H34F2N4O4/c1-3-4-14-33(24(34)18-8-9-19(28)20(29)16-18)23-22(32-15-6-5-7-21(32)31-23)25(35)37-27(26(30)36)12-10-17(2)11-13-27/h8-9,16-17H,3-7,10-15H2,1-2H3,(H2,30,36). The highest BCUT2D eigenvalue weighted by Gasteiger charge is 2.45. The van der Waals surface area contributed by atoms with E-state index in [2.05, 4.69) is 11.9 Å². The summed E-state index contributed by atoms with van der Waals surface area (Å²) >= 11 is 0. The number of nitrogens with two attached hydrogens (primary N) is 1. The fourth-order valence-electron chi connectivity index (χ4n) is 5.12. The van der Waals surface area contributed by atoms with Crippen LogP contribution in [-0.4, -0.2) is 39.5 Å². The molecule has 37 heavy (non-hydrogen) atoms. The van der Waals surface area contributed by atoms with Crippen LogP contribution in [0.2, 0.25) is 0 Å². The van der Waals surface area contributed by atoms with Crippen molar-refractivity contribution in [2.45, 2.75) is 83.8 Å². The molecule has 0 radical (unpaired) electrons. The Hall–Kier alpha value is -3.30. The van der Waals surface area contributed by atoms with E-state index < -0.39 is 35.0 Å². The van der Waals surface area contributed by atoms with Gasteiger partial charge in [0.15, 0.2) is 28.7 Å². The maximum absolute atomic E-state index is 14.0. The summed E-state index contributed by atoms with van der Waals surface area (Å²) < 4.78 is 35.2. The topological polar surface area (TPSA) is 108 Å². The number of rotatable bonds is 8. The number of hydrogen-bond acceptors (Lipinski definition) is 5. The lowest BCUT2D eigenvalue weighted by Crippen LogP contribution is -2.50. The SMILES string of the molecule is CCCCN(C(=O)c1ccc(F)c(F)c1)c1nc2n(c1C(=O)OC1(C(N)=O)CCC(C)CC1)CCCC2. The third kappa shape index (κ3) is 5.38. The van der Waals surface area contributed by atoms with Crippen molar-refractivity contribution in [1.29, 1.82) is 0 Å². The number of amides is 2. The number of benzene rings is 1. The summed E-state index contributed by atoms with van der Waals surface area (Å²) in [6, 6.07) is 2.95. The second-order valence-corrected chi connectivity index (χ2v) is 10.2. The first-order valence-corrected chi connectivity index (χ1v) is 13.1. The largest absolute Gasteiger partial charge is 0.444 e. The van der Waals surface area contributed by atoms with Gasteiger partial charge in [0.2, 0.25) is 0 Å². The number of hydrogen-bond donors (Lipinski definition) is 1. The van der Waals surface area contributed by atoms with Crippen LogP contribution in [-0.2, 0) is 22.5 Å². The van der Waals surface area contributed by atoms with Gasteiger partial charge < -0.3 is 15.0 Å². The molecule has 200 valence electrons. The molecule has 2 amide bonds. The molecule has 1 aromatic carbocycles. The Kier molecular flexibility index (Phi) is 7.94. The number of halogens is 2. The first kappa shape index (κ1) is 26.8. The lowest BCUT2D eigenvalue weighted by molar-refractivity contribution is -0.141. The molecular weight excluding hydrogens is 482 g/mol. The maximum atomic E-state index is 14.0. The minimum atomic E-state index is -1.42. The van der Waals surface area contributed by atoms with Gasteiger partial charge in [-0.15, -0.1) is 0 Å². The molecule has 2 heterocycles. The molecule has 1 aromatic heterocycles. The minimum Gasteiger partial charge on any atom is -0.444 e. The van der Waals surface area contributed by atoms with E-state index in [4.69, 9.17) is 10.5 Å². The van der Waals surface area contributed by atoms with Crippen molar-refractivity contribution >= 4 is 23.6 Å². The van der Waals surface area contributed by atoms with Crippen LogP contribution in [0.4, 0.5) is 14.6 Å². The predicted molar refractivity (Wildman–Crippen MR) is 133 cm³/mol. The van der Waals surface area contributed by atoms with E-state index in [0.29, 0.717) is 56.8 Å². The van der Waals surface area contributed by atoms with E-state index in [-0.39, 0.29) is 23.6 Å². The number of unbranched alkanes of at least 4 members (excludes halogenated alkanes) is 1. The molecule has 2 N–H and O–H groups in total. The lowest BCUT2D eigenvalue weighted by atomic mass is 9.79. The number of aryl methyl sites for hydroxylation is 1. The Morgan fingerprint density at radius 3 is 2.57 bits per heavy atom. The zero-order chi connectivity index (χ0) is 26.7. The molecule has 1 fully saturated rings. The van der Waals surface area contributed by atoms with Crippen LogP contribution in [0.3, 0.4) is 0 Å². The molecule has 0 atom stereocenters. The number of carbonyl (C=O) groups is 3. The molecule has 0 unspecified atom stereocenters. The van der Waals surface area contributed by atoms with Gasteiger partial charge in [0.25, 0.3) is 11.8 Å². The van der Waals surface area contributed by atoms with Gasteiger partial charge >= 0.3 is 5.97 Å². The molecule has 10 heteroatoms. The van der Waals surface area contributed by atoms with E-state index in [1.54, 1.807) is 4.57 Å². The van der Waals surface area contributed by atoms with Crippen LogP contribution in [0.25, 0.3) is 0 Å². The van der Waals surface area contributed by atoms with Gasteiger partial charge in [0, 0.05) is 25.1 Å². The van der Waals surface area contributed by atoms with E-state index in [9.17, 15) is 23.2 Å². The second kappa shape index (κ2) is 11.0. The van der Waals surface area contributed by atoms with E-state index >= 15 is 0 Å². The van der Waals surface area contributed by atoms with Crippen molar-refractivity contribution in [3.8, 4) is 0 Å². The molecule has 0 bridgehead atoms. The summed E-state index contributed by atoms with van der Waals surface area (Å²) in [5.74, 6) is -3.11. The summed E-state index contributed by atoms with van der Waals surface area (Å²) in [7, 11) is 0. The molecule has 1 aliphatic carbocycles. The number of carbonyl (C=O) groups excluding carboxylic acids is 3. The van der Waals surface area contributed by atoms with Gasteiger partial charge in [-0.05, 0) is 69.1 Å². The van der Waals surface area contributed by atoms with Crippen LogP contribution in [0.15, 0.2) is 18.2 Å². The molecule has 8 nitrogen and oxygen atoms in total. The fourth-order valence-corrected chi connectivity index (χ4v) is 5.12. The highest BCUT2D eigenvalue weighted by Crippen LogP contribution is 2.37. The third-order valence-corrected chi connectivity index (χ3v) is 7.48. The van der Waals surface area contributed by atoms with Gasteiger partial charge in [-0.25, -0.2) is 18.6 Å². The number of esters is 1. The average Bonchev–Trinajstić information content (AvgIpc) is 3.26. The summed E-state index contributed by atoms with van der Waals surface area (Å²) in [6.45, 7) is 4.75. The Morgan fingerprint density at radius 1 is 1.19 bits per heavy atom. The molecule has 1 saturated carbocycles. The summed E-state index contributed by atoms with van der Waals surface area (Å²) in [5, 5.41) is 0. The first-order valence-electron chi connectivity index (χ1n) is 13.1. The number of primary amides is 1. The fraction of sp³-hybridized carbons (Fsp3) is 0.556. The molecular formula is C27H34F2N4O4. The molecule has 2 aliphatic rings. The van der Waals surface area contributed by atoms with Crippen molar-refractivity contribution in [1.82, 2.24) is 9.55 Å². The van der Waals surface area contributed by atoms with Crippen molar-refractivity contribution in [3.63, 3.8) is 0 Å². The van der Waals surface area contributed by atoms with Gasteiger partial charge in [-0.2, -0.15) is 0 Å². The van der Waals surface area contributed by atoms with E-state index in [1.165, 1.54) is 11.0 Å². The molecule has 2 aromatic rings. The Balaban J connectivity index is 1.76. The normalized spacial score (nSPS) is 21.2. The van der Waals surface area contributed by atoms with Gasteiger partial charge in [-0.3, -0.25) is 14.5 Å². The van der Waals surface area contributed by atoms with E-state index in [1.807, 2.05) is 6.92 Å². The van der Waals surface area contributed by atoms with Crippen LogP contribution in [0.5, 0.6) is 0 Å². The smallest absolute Gasteiger partial charge is 0.359 e. The monoisotopic (exact) mass is 516 g/mol. The number of nitrogens with zero attached hydrogens (tertiary/aromatic N) is 3. The highest BCUT2D eigenvalue weighted by molar-refractivity contribution is 6.08. The summed E-state index contributed by atoms with van der Waals surface area (Å²) in [4.78, 5) is 45.8. The summed E-state index contributed by atoms with van der Waals surface area (Å²) in [5.41, 5.74) is 4.34. The molecule has 1 aliphatic heterocycles. The van der Waals surface area contributed by atoms with Gasteiger partial charge in [0.05, 0.1) is 0 Å². The van der Waals surface area contributed by atoms with Crippen LogP contribution >= 0.6 is 0 Å². The third-order valence-electron chi connectivity index (χ3n) is 7.48. The number of fused-ring (bicyclic) bond motifs is 1. The van der Waals surface area contributed by atoms with Gasteiger partial charge in [0.1, 0.15) is 5.82 Å². The Morgan fingerprint density at radius 2 is 1.92 bits per heavy atom. The Bertz CT molecular complexity index is 1190. The van der Waals surface area contributed by atoms with Crippen molar-refractivity contribution in [3.05, 3.63) is 46.9 Å². The first-order chi connectivity index (χ1) is 17.7. The maximum Gasteiger partial charge on any atom is 0.359 e. The van der Waals surface area contributed by atoms with Crippen LogP contribution < -0.4 is 10.6 Å². The lowest BCUT2D eigenvalue weighted by Gasteiger charge is -2.36. The number of imidazole rings is 1. The van der Waals surface area contributed by atoms with Crippen LogP contribution in [0, 0.1) is 17.6 Å². The zero-order valence-corrected chi connectivity index (χ0v) is 21.4. The Labute approximate surface area is 215 Å². The molecule has 4 rings (SSSR count). The van der Waals surface area contributed by atoms with Crippen molar-refractivity contribution in [2.24, 2.45) is 11.7 Å².